The summed E-state index contributed by atoms with van der Waals surface area (Å²) < 4.78 is 11.1. The fourth-order valence-electron chi connectivity index (χ4n) is 1.41. The fourth-order valence-corrected chi connectivity index (χ4v) is 1.84. The van der Waals surface area contributed by atoms with Crippen LogP contribution < -0.4 is 9.47 Å². The van der Waals surface area contributed by atoms with Gasteiger partial charge in [0.2, 0.25) is 0 Å². The molecule has 0 radical (unpaired) electrons. The van der Waals surface area contributed by atoms with E-state index in [1.807, 2.05) is 13.0 Å². The van der Waals surface area contributed by atoms with E-state index in [4.69, 9.17) is 49.4 Å². The second-order valence-corrected chi connectivity index (χ2v) is 5.20. The maximum atomic E-state index is 8.71. The molecule has 106 valence electrons. The topological polar surface area (TPSA) is 38.7 Å². The lowest BCUT2D eigenvalue weighted by Crippen LogP contribution is -2.02. The first-order chi connectivity index (χ1) is 9.04. The van der Waals surface area contributed by atoms with Crippen LogP contribution in [0.1, 0.15) is 12.0 Å². The van der Waals surface area contributed by atoms with Crippen LogP contribution >= 0.6 is 34.8 Å². The fraction of sp³-hybridized carbons (Fsp3) is 0.385. The van der Waals surface area contributed by atoms with Gasteiger partial charge in [-0.3, -0.25) is 0 Å². The van der Waals surface area contributed by atoms with Crippen LogP contribution in [0, 0.1) is 6.92 Å². The van der Waals surface area contributed by atoms with E-state index in [-0.39, 0.29) is 17.7 Å². The van der Waals surface area contributed by atoms with E-state index in [1.54, 1.807) is 6.07 Å². The highest BCUT2D eigenvalue weighted by Crippen LogP contribution is 2.33. The van der Waals surface area contributed by atoms with Crippen molar-refractivity contribution in [2.24, 2.45) is 0 Å². The van der Waals surface area contributed by atoms with Gasteiger partial charge in [0, 0.05) is 19.1 Å². The van der Waals surface area contributed by atoms with E-state index in [0.717, 1.165) is 5.56 Å². The molecule has 0 aliphatic carbocycles. The van der Waals surface area contributed by atoms with Crippen molar-refractivity contribution >= 4 is 34.8 Å². The van der Waals surface area contributed by atoms with Crippen molar-refractivity contribution in [2.75, 3.05) is 19.8 Å². The molecule has 1 aromatic carbocycles. The Hall–Kier alpha value is -0.610. The predicted molar refractivity (Wildman–Crippen MR) is 78.7 cm³/mol. The lowest BCUT2D eigenvalue weighted by atomic mass is 10.2. The summed E-state index contributed by atoms with van der Waals surface area (Å²) in [5.74, 6) is 1.22. The van der Waals surface area contributed by atoms with Crippen molar-refractivity contribution in [2.45, 2.75) is 13.3 Å². The lowest BCUT2D eigenvalue weighted by molar-refractivity contribution is 0.232. The van der Waals surface area contributed by atoms with Crippen molar-refractivity contribution < 1.29 is 14.6 Å². The summed E-state index contributed by atoms with van der Waals surface area (Å²) in [7, 11) is 0. The Morgan fingerprint density at radius 3 is 2.63 bits per heavy atom. The maximum Gasteiger partial charge on any atom is 0.141 e. The van der Waals surface area contributed by atoms with Crippen molar-refractivity contribution in [1.29, 1.82) is 0 Å². The van der Waals surface area contributed by atoms with Crippen LogP contribution in [0.4, 0.5) is 0 Å². The lowest BCUT2D eigenvalue weighted by Gasteiger charge is -2.12. The van der Waals surface area contributed by atoms with Crippen molar-refractivity contribution in [3.8, 4) is 11.5 Å². The number of aryl methyl sites for hydroxylation is 1. The average Bonchev–Trinajstić information content (AvgIpc) is 2.32. The molecular formula is C13H15Cl3O3. The van der Waals surface area contributed by atoms with Gasteiger partial charge in [0.1, 0.15) is 22.6 Å². The van der Waals surface area contributed by atoms with Gasteiger partial charge in [-0.15, -0.1) is 0 Å². The summed E-state index contributed by atoms with van der Waals surface area (Å²) in [5, 5.41) is 9.18. The molecule has 3 nitrogen and oxygen atoms in total. The number of ether oxygens (including phenoxy) is 2. The van der Waals surface area contributed by atoms with Gasteiger partial charge in [0.25, 0.3) is 0 Å². The Morgan fingerprint density at radius 1 is 1.32 bits per heavy atom. The molecule has 19 heavy (non-hydrogen) atoms. The van der Waals surface area contributed by atoms with Crippen LogP contribution in [0.5, 0.6) is 11.5 Å². The molecule has 0 unspecified atom stereocenters. The molecule has 0 saturated carbocycles. The molecule has 0 aromatic heterocycles. The standard InChI is InChI=1S/C13H15Cl3O3/c1-9-7-10(18-6-3-12(15)16)8-11(14)13(9)19-5-2-4-17/h3,7-8,17H,2,4-6H2,1H3. The highest BCUT2D eigenvalue weighted by Gasteiger charge is 2.08. The van der Waals surface area contributed by atoms with E-state index in [1.165, 1.54) is 6.08 Å². The SMILES string of the molecule is Cc1cc(OCC=C(Cl)Cl)cc(Cl)c1OCCCO. The van der Waals surface area contributed by atoms with Crippen LogP contribution in [0.15, 0.2) is 22.7 Å². The summed E-state index contributed by atoms with van der Waals surface area (Å²) in [4.78, 5) is 0. The summed E-state index contributed by atoms with van der Waals surface area (Å²) >= 11 is 17.1. The van der Waals surface area contributed by atoms with Gasteiger partial charge in [-0.05, 0) is 24.6 Å². The van der Waals surface area contributed by atoms with Gasteiger partial charge in [0.15, 0.2) is 0 Å². The zero-order chi connectivity index (χ0) is 14.3. The highest BCUT2D eigenvalue weighted by molar-refractivity contribution is 6.55. The first-order valence-corrected chi connectivity index (χ1v) is 6.85. The van der Waals surface area contributed by atoms with E-state index in [0.29, 0.717) is 29.5 Å². The minimum atomic E-state index is 0.0867. The third-order valence-corrected chi connectivity index (χ3v) is 2.83. The zero-order valence-electron chi connectivity index (χ0n) is 10.5. The average molecular weight is 326 g/mol. The van der Waals surface area contributed by atoms with Gasteiger partial charge < -0.3 is 14.6 Å². The summed E-state index contributed by atoms with van der Waals surface area (Å²) in [6, 6.07) is 3.48. The monoisotopic (exact) mass is 324 g/mol. The van der Waals surface area contributed by atoms with E-state index >= 15 is 0 Å². The minimum absolute atomic E-state index is 0.0867. The molecule has 1 aromatic rings. The van der Waals surface area contributed by atoms with Crippen molar-refractivity contribution in [1.82, 2.24) is 0 Å². The van der Waals surface area contributed by atoms with Gasteiger partial charge in [-0.25, -0.2) is 0 Å². The molecular weight excluding hydrogens is 310 g/mol. The molecule has 0 amide bonds. The summed E-state index contributed by atoms with van der Waals surface area (Å²) in [5.41, 5.74) is 0.862. The third-order valence-electron chi connectivity index (χ3n) is 2.24. The normalized spacial score (nSPS) is 10.2. The minimum Gasteiger partial charge on any atom is -0.492 e. The molecule has 0 saturated heterocycles. The van der Waals surface area contributed by atoms with Crippen molar-refractivity contribution in [3.05, 3.63) is 33.3 Å². The first kappa shape index (κ1) is 16.4. The van der Waals surface area contributed by atoms with Crippen LogP contribution in [0.2, 0.25) is 5.02 Å². The molecule has 0 aliphatic rings. The van der Waals surface area contributed by atoms with E-state index in [9.17, 15) is 0 Å². The molecule has 6 heteroatoms. The molecule has 0 fully saturated rings. The number of rotatable bonds is 7. The van der Waals surface area contributed by atoms with E-state index < -0.39 is 0 Å². The zero-order valence-corrected chi connectivity index (χ0v) is 12.7. The Labute approximate surface area is 127 Å². The van der Waals surface area contributed by atoms with Gasteiger partial charge in [-0.1, -0.05) is 34.8 Å². The van der Waals surface area contributed by atoms with Gasteiger partial charge >= 0.3 is 0 Å². The largest absolute Gasteiger partial charge is 0.492 e. The smallest absolute Gasteiger partial charge is 0.141 e. The molecule has 0 atom stereocenters. The summed E-state index contributed by atoms with van der Waals surface area (Å²) in [6.07, 6.45) is 2.10. The first-order valence-electron chi connectivity index (χ1n) is 5.72. The molecule has 1 rings (SSSR count). The third kappa shape index (κ3) is 5.91. The van der Waals surface area contributed by atoms with Crippen LogP contribution in [0.3, 0.4) is 0 Å². The Morgan fingerprint density at radius 2 is 2.05 bits per heavy atom. The number of benzene rings is 1. The highest BCUT2D eigenvalue weighted by atomic mass is 35.5. The van der Waals surface area contributed by atoms with Crippen LogP contribution in [0.25, 0.3) is 0 Å². The summed E-state index contributed by atoms with van der Waals surface area (Å²) in [6.45, 7) is 2.64. The Balaban J connectivity index is 2.70. The molecule has 0 bridgehead atoms. The van der Waals surface area contributed by atoms with Crippen molar-refractivity contribution in [3.63, 3.8) is 0 Å². The number of aliphatic hydroxyl groups excluding tert-OH is 1. The molecule has 1 N–H and O–H groups in total. The predicted octanol–water partition coefficient (Wildman–Crippen LogP) is 4.11. The van der Waals surface area contributed by atoms with Gasteiger partial charge in [0.05, 0.1) is 11.6 Å². The Bertz CT molecular complexity index is 420. The number of hydrogen-bond acceptors (Lipinski definition) is 3. The van der Waals surface area contributed by atoms with E-state index in [2.05, 4.69) is 0 Å². The molecule has 0 spiro atoms. The number of aliphatic hydroxyl groups is 1. The quantitative estimate of drug-likeness (QED) is 0.767. The van der Waals surface area contributed by atoms with Crippen LogP contribution in [-0.4, -0.2) is 24.9 Å². The number of hydrogen-bond donors (Lipinski definition) is 1. The maximum absolute atomic E-state index is 8.71. The second kappa shape index (κ2) is 8.54. The second-order valence-electron chi connectivity index (χ2n) is 3.78. The molecule has 0 aliphatic heterocycles. The van der Waals surface area contributed by atoms with Gasteiger partial charge in [-0.2, -0.15) is 0 Å². The number of halogens is 3. The Kier molecular flexibility index (Phi) is 7.39. The molecule has 0 heterocycles. The van der Waals surface area contributed by atoms with Crippen LogP contribution in [-0.2, 0) is 0 Å².